The minimum absolute atomic E-state index is 0.635. The maximum absolute atomic E-state index is 10.6. The molecule has 0 saturated heterocycles. The van der Waals surface area contributed by atoms with Crippen molar-refractivity contribution < 1.29 is 27.8 Å². The Balaban J connectivity index is 0.000000640. The molecule has 0 saturated carbocycles. The lowest BCUT2D eigenvalue weighted by molar-refractivity contribution is -0.192. The Labute approximate surface area is 140 Å². The zero-order chi connectivity index (χ0) is 18.9. The number of aryl methyl sites for hydroxylation is 1. The highest BCUT2D eigenvalue weighted by Crippen LogP contribution is 2.23. The molecule has 24 heavy (non-hydrogen) atoms. The van der Waals surface area contributed by atoms with E-state index >= 15 is 0 Å². The van der Waals surface area contributed by atoms with Gasteiger partial charge in [-0.15, -0.1) is 0 Å². The number of aliphatic carboxylic acids is 1. The van der Waals surface area contributed by atoms with Gasteiger partial charge in [-0.3, -0.25) is 0 Å². The number of hydrogen-bond acceptors (Lipinski definition) is 4. The lowest BCUT2D eigenvalue weighted by Gasteiger charge is -2.14. The van der Waals surface area contributed by atoms with Crippen LogP contribution in [0.25, 0.3) is 0 Å². The fourth-order valence-electron chi connectivity index (χ4n) is 1.87. The molecule has 0 amide bonds. The number of halogens is 3. The molecule has 0 aliphatic heterocycles. The van der Waals surface area contributed by atoms with Gasteiger partial charge >= 0.3 is 12.1 Å². The SMILES string of the molecule is CCNn1nc(C)c(OCC(CC)CC)c1C.O=C(O)C(F)(F)F. The lowest BCUT2D eigenvalue weighted by Crippen LogP contribution is -2.21. The van der Waals surface area contributed by atoms with E-state index in [0.717, 1.165) is 43.1 Å². The number of carboxylic acids is 1. The molecule has 1 rings (SSSR count). The molecule has 0 radical (unpaired) electrons. The topological polar surface area (TPSA) is 76.4 Å². The van der Waals surface area contributed by atoms with Crippen molar-refractivity contribution in [3.8, 4) is 5.75 Å². The first-order valence-corrected chi connectivity index (χ1v) is 7.81. The summed E-state index contributed by atoms with van der Waals surface area (Å²) in [5.74, 6) is -1.19. The largest absolute Gasteiger partial charge is 0.490 e. The standard InChI is InChI=1S/C13H25N3O.C2HF3O2/c1-6-12(7-2)9-17-13-10(4)15-16(11(13)5)14-8-3;3-2(4,5)1(6)7/h12,14H,6-9H2,1-5H3;(H,6,7). The molecule has 0 aromatic carbocycles. The Morgan fingerprint density at radius 2 is 1.79 bits per heavy atom. The van der Waals surface area contributed by atoms with Crippen LogP contribution in [0.5, 0.6) is 5.75 Å². The first-order chi connectivity index (χ1) is 11.1. The molecule has 0 atom stereocenters. The van der Waals surface area contributed by atoms with Crippen LogP contribution in [-0.4, -0.2) is 40.3 Å². The average molecular weight is 353 g/mol. The van der Waals surface area contributed by atoms with Crippen molar-refractivity contribution in [2.75, 3.05) is 18.6 Å². The average Bonchev–Trinajstić information content (AvgIpc) is 2.75. The third-order valence-corrected chi connectivity index (χ3v) is 3.39. The van der Waals surface area contributed by atoms with Crippen molar-refractivity contribution >= 4 is 5.97 Å². The van der Waals surface area contributed by atoms with Gasteiger partial charge < -0.3 is 15.3 Å². The van der Waals surface area contributed by atoms with Gasteiger partial charge in [0.05, 0.1) is 6.61 Å². The van der Waals surface area contributed by atoms with Gasteiger partial charge in [0.25, 0.3) is 0 Å². The van der Waals surface area contributed by atoms with Crippen LogP contribution in [0.15, 0.2) is 0 Å². The Hall–Kier alpha value is -1.93. The van der Waals surface area contributed by atoms with E-state index in [9.17, 15) is 13.2 Å². The number of alkyl halides is 3. The number of carbonyl (C=O) groups is 1. The van der Waals surface area contributed by atoms with Crippen LogP contribution in [0.4, 0.5) is 13.2 Å². The highest BCUT2D eigenvalue weighted by molar-refractivity contribution is 5.73. The van der Waals surface area contributed by atoms with Gasteiger partial charge in [-0.25, -0.2) is 4.79 Å². The summed E-state index contributed by atoms with van der Waals surface area (Å²) in [5, 5.41) is 11.5. The second-order valence-corrected chi connectivity index (χ2v) is 5.22. The first kappa shape index (κ1) is 22.1. The molecule has 1 aromatic heterocycles. The van der Waals surface area contributed by atoms with Gasteiger partial charge in [0.15, 0.2) is 5.75 Å². The highest BCUT2D eigenvalue weighted by atomic mass is 19.4. The fraction of sp³-hybridized carbons (Fsp3) is 0.733. The smallest absolute Gasteiger partial charge is 0.489 e. The Bertz CT molecular complexity index is 512. The maximum atomic E-state index is 10.6. The van der Waals surface area contributed by atoms with Crippen molar-refractivity contribution in [1.82, 2.24) is 9.89 Å². The second kappa shape index (κ2) is 10.0. The highest BCUT2D eigenvalue weighted by Gasteiger charge is 2.38. The number of nitrogens with zero attached hydrogens (tertiary/aromatic N) is 2. The number of aromatic nitrogens is 2. The Morgan fingerprint density at radius 1 is 1.29 bits per heavy atom. The van der Waals surface area contributed by atoms with Crippen LogP contribution in [0, 0.1) is 19.8 Å². The Morgan fingerprint density at radius 3 is 2.17 bits per heavy atom. The molecule has 140 valence electrons. The molecule has 0 fully saturated rings. The molecule has 1 heterocycles. The van der Waals surface area contributed by atoms with E-state index in [4.69, 9.17) is 14.6 Å². The summed E-state index contributed by atoms with van der Waals surface area (Å²) in [6, 6.07) is 0. The summed E-state index contributed by atoms with van der Waals surface area (Å²) in [5.41, 5.74) is 5.18. The molecule has 0 bridgehead atoms. The molecule has 1 aromatic rings. The fourth-order valence-corrected chi connectivity index (χ4v) is 1.87. The number of ether oxygens (including phenoxy) is 1. The first-order valence-electron chi connectivity index (χ1n) is 7.81. The quantitative estimate of drug-likeness (QED) is 0.784. The zero-order valence-corrected chi connectivity index (χ0v) is 14.7. The van der Waals surface area contributed by atoms with E-state index in [-0.39, 0.29) is 0 Å². The summed E-state index contributed by atoms with van der Waals surface area (Å²) >= 11 is 0. The molecular weight excluding hydrogens is 327 g/mol. The van der Waals surface area contributed by atoms with Crippen LogP contribution in [-0.2, 0) is 4.79 Å². The third kappa shape index (κ3) is 7.10. The van der Waals surface area contributed by atoms with Crippen LogP contribution in [0.1, 0.15) is 45.0 Å². The third-order valence-electron chi connectivity index (χ3n) is 3.39. The minimum Gasteiger partial charge on any atom is -0.489 e. The number of rotatable bonds is 7. The summed E-state index contributed by atoms with van der Waals surface area (Å²) < 4.78 is 37.7. The molecule has 2 N–H and O–H groups in total. The van der Waals surface area contributed by atoms with Crippen molar-refractivity contribution in [1.29, 1.82) is 0 Å². The molecule has 6 nitrogen and oxygen atoms in total. The Kier molecular flexibility index (Phi) is 9.24. The van der Waals surface area contributed by atoms with E-state index in [0.29, 0.717) is 5.92 Å². The van der Waals surface area contributed by atoms with Crippen LogP contribution in [0.3, 0.4) is 0 Å². The van der Waals surface area contributed by atoms with Gasteiger partial charge in [-0.05, 0) is 26.7 Å². The monoisotopic (exact) mass is 353 g/mol. The molecule has 0 spiro atoms. The summed E-state index contributed by atoms with van der Waals surface area (Å²) in [7, 11) is 0. The molecule has 0 unspecified atom stereocenters. The van der Waals surface area contributed by atoms with E-state index < -0.39 is 12.1 Å². The van der Waals surface area contributed by atoms with Gasteiger partial charge in [0, 0.05) is 6.54 Å². The maximum Gasteiger partial charge on any atom is 0.490 e. The molecule has 0 aliphatic rings. The van der Waals surface area contributed by atoms with Crippen molar-refractivity contribution in [2.45, 2.75) is 53.6 Å². The minimum atomic E-state index is -5.08. The molecule has 0 aliphatic carbocycles. The lowest BCUT2D eigenvalue weighted by atomic mass is 10.1. The van der Waals surface area contributed by atoms with Crippen LogP contribution >= 0.6 is 0 Å². The van der Waals surface area contributed by atoms with Gasteiger partial charge in [-0.2, -0.15) is 23.1 Å². The van der Waals surface area contributed by atoms with E-state index in [1.807, 2.05) is 13.8 Å². The van der Waals surface area contributed by atoms with E-state index in [1.54, 1.807) is 4.79 Å². The van der Waals surface area contributed by atoms with Crippen LogP contribution in [0.2, 0.25) is 0 Å². The van der Waals surface area contributed by atoms with Gasteiger partial charge in [-0.1, -0.05) is 26.7 Å². The van der Waals surface area contributed by atoms with Crippen LogP contribution < -0.4 is 10.2 Å². The van der Waals surface area contributed by atoms with E-state index in [2.05, 4.69) is 31.3 Å². The molecule has 9 heteroatoms. The van der Waals surface area contributed by atoms with Gasteiger partial charge in [0.2, 0.25) is 0 Å². The normalized spacial score (nSPS) is 11.0. The summed E-state index contributed by atoms with van der Waals surface area (Å²) in [6.07, 6.45) is -2.76. The second-order valence-electron chi connectivity index (χ2n) is 5.22. The van der Waals surface area contributed by atoms with E-state index in [1.165, 1.54) is 0 Å². The van der Waals surface area contributed by atoms with Gasteiger partial charge in [0.1, 0.15) is 11.4 Å². The predicted molar refractivity (Wildman–Crippen MR) is 84.9 cm³/mol. The molecular formula is C15H26F3N3O3. The predicted octanol–water partition coefficient (Wildman–Crippen LogP) is 3.51. The summed E-state index contributed by atoms with van der Waals surface area (Å²) in [6.45, 7) is 12.1. The number of carboxylic acid groups (broad SMARTS) is 1. The number of hydrogen-bond donors (Lipinski definition) is 2. The zero-order valence-electron chi connectivity index (χ0n) is 14.7. The summed E-state index contributed by atoms with van der Waals surface area (Å²) in [4.78, 5) is 10.7. The number of nitrogens with one attached hydrogen (secondary N) is 1. The van der Waals surface area contributed by atoms with Crippen molar-refractivity contribution in [2.24, 2.45) is 5.92 Å². The van der Waals surface area contributed by atoms with Crippen molar-refractivity contribution in [3.05, 3.63) is 11.4 Å². The van der Waals surface area contributed by atoms with Crippen molar-refractivity contribution in [3.63, 3.8) is 0 Å².